The van der Waals surface area contributed by atoms with Gasteiger partial charge in [-0.3, -0.25) is 4.79 Å². The summed E-state index contributed by atoms with van der Waals surface area (Å²) in [6.45, 7) is 3.34. The Kier molecular flexibility index (Phi) is 4.32. The maximum absolute atomic E-state index is 12.5. The minimum atomic E-state index is 0.0677. The Hall–Kier alpha value is -0.610. The van der Waals surface area contributed by atoms with Crippen LogP contribution >= 0.6 is 0 Å². The van der Waals surface area contributed by atoms with Crippen molar-refractivity contribution in [3.8, 4) is 0 Å². The van der Waals surface area contributed by atoms with Crippen molar-refractivity contribution in [2.24, 2.45) is 5.92 Å². The lowest BCUT2D eigenvalue weighted by Gasteiger charge is -2.35. The van der Waals surface area contributed by atoms with Crippen LogP contribution in [-0.4, -0.2) is 48.6 Å². The molecule has 3 rings (SSSR count). The lowest BCUT2D eigenvalue weighted by Crippen LogP contribution is -2.51. The first kappa shape index (κ1) is 14.3. The number of amides is 1. The molecule has 0 bridgehead atoms. The molecule has 4 nitrogen and oxygen atoms in total. The first-order valence-electron chi connectivity index (χ1n) is 8.40. The molecule has 1 aliphatic carbocycles. The van der Waals surface area contributed by atoms with Gasteiger partial charge in [-0.15, -0.1) is 0 Å². The first-order valence-corrected chi connectivity index (χ1v) is 8.40. The highest BCUT2D eigenvalue weighted by molar-refractivity contribution is 5.82. The number of nitrogens with zero attached hydrogens (tertiary/aromatic N) is 1. The standard InChI is InChI=1S/C16H29N3O/c1-11-9-13(7-8-19(11)2)17-16(20)15-10-12-5-3-4-6-14(12)18-15/h11-15,18H,3-10H2,1-2H3,(H,17,20). The van der Waals surface area contributed by atoms with E-state index in [1.54, 1.807) is 0 Å². The quantitative estimate of drug-likeness (QED) is 0.805. The normalized spacial score (nSPS) is 42.2. The Balaban J connectivity index is 1.50. The number of hydrogen-bond donors (Lipinski definition) is 2. The van der Waals surface area contributed by atoms with Gasteiger partial charge in [-0.2, -0.15) is 0 Å². The van der Waals surface area contributed by atoms with E-state index in [1.165, 1.54) is 25.7 Å². The summed E-state index contributed by atoms with van der Waals surface area (Å²) < 4.78 is 0. The smallest absolute Gasteiger partial charge is 0.237 e. The van der Waals surface area contributed by atoms with Crippen LogP contribution in [-0.2, 0) is 4.79 Å². The third kappa shape index (κ3) is 3.01. The van der Waals surface area contributed by atoms with Gasteiger partial charge in [0, 0.05) is 24.7 Å². The molecule has 0 aromatic carbocycles. The fourth-order valence-electron chi connectivity index (χ4n) is 4.24. The van der Waals surface area contributed by atoms with Crippen molar-refractivity contribution in [2.45, 2.75) is 76.0 Å². The summed E-state index contributed by atoms with van der Waals surface area (Å²) in [6, 6.07) is 1.63. The van der Waals surface area contributed by atoms with Crippen LogP contribution in [0.3, 0.4) is 0 Å². The van der Waals surface area contributed by atoms with Crippen LogP contribution in [0.25, 0.3) is 0 Å². The largest absolute Gasteiger partial charge is 0.352 e. The molecular weight excluding hydrogens is 250 g/mol. The summed E-state index contributed by atoms with van der Waals surface area (Å²) in [5, 5.41) is 6.87. The Morgan fingerprint density at radius 1 is 1.20 bits per heavy atom. The molecular formula is C16H29N3O. The molecule has 1 saturated carbocycles. The van der Waals surface area contributed by atoms with Gasteiger partial charge >= 0.3 is 0 Å². The summed E-state index contributed by atoms with van der Waals surface area (Å²) in [6.07, 6.45) is 8.48. The van der Waals surface area contributed by atoms with Gasteiger partial charge in [0.2, 0.25) is 5.91 Å². The Bertz CT molecular complexity index is 346. The summed E-state index contributed by atoms with van der Waals surface area (Å²) in [5.41, 5.74) is 0. The van der Waals surface area contributed by atoms with Crippen molar-refractivity contribution in [2.75, 3.05) is 13.6 Å². The van der Waals surface area contributed by atoms with Crippen LogP contribution < -0.4 is 10.6 Å². The molecule has 0 radical (unpaired) electrons. The Morgan fingerprint density at radius 2 is 2.00 bits per heavy atom. The van der Waals surface area contributed by atoms with Crippen molar-refractivity contribution in [1.82, 2.24) is 15.5 Å². The Morgan fingerprint density at radius 3 is 2.75 bits per heavy atom. The minimum Gasteiger partial charge on any atom is -0.352 e. The summed E-state index contributed by atoms with van der Waals surface area (Å²) in [5.74, 6) is 0.997. The van der Waals surface area contributed by atoms with E-state index in [1.807, 2.05) is 0 Å². The molecule has 0 aromatic heterocycles. The summed E-state index contributed by atoms with van der Waals surface area (Å²) in [4.78, 5) is 14.8. The lowest BCUT2D eigenvalue weighted by atomic mass is 9.85. The number of nitrogens with one attached hydrogen (secondary N) is 2. The predicted molar refractivity (Wildman–Crippen MR) is 80.5 cm³/mol. The van der Waals surface area contributed by atoms with Crippen LogP contribution in [0.1, 0.15) is 51.9 Å². The molecule has 5 unspecified atom stereocenters. The molecule has 1 amide bonds. The molecule has 3 aliphatic rings. The van der Waals surface area contributed by atoms with E-state index in [2.05, 4.69) is 29.5 Å². The van der Waals surface area contributed by atoms with Gasteiger partial charge in [0.15, 0.2) is 0 Å². The molecule has 3 fully saturated rings. The van der Waals surface area contributed by atoms with Gasteiger partial charge in [-0.25, -0.2) is 0 Å². The highest BCUT2D eigenvalue weighted by atomic mass is 16.2. The van der Waals surface area contributed by atoms with E-state index in [9.17, 15) is 4.79 Å². The minimum absolute atomic E-state index is 0.0677. The first-order chi connectivity index (χ1) is 9.63. The van der Waals surface area contributed by atoms with Gasteiger partial charge in [0.05, 0.1) is 6.04 Å². The van der Waals surface area contributed by atoms with E-state index in [-0.39, 0.29) is 11.9 Å². The molecule has 4 heteroatoms. The number of rotatable bonds is 2. The monoisotopic (exact) mass is 279 g/mol. The zero-order chi connectivity index (χ0) is 14.1. The van der Waals surface area contributed by atoms with Gasteiger partial charge in [0.25, 0.3) is 0 Å². The van der Waals surface area contributed by atoms with Gasteiger partial charge < -0.3 is 15.5 Å². The van der Waals surface area contributed by atoms with E-state index in [0.717, 1.165) is 31.7 Å². The van der Waals surface area contributed by atoms with Gasteiger partial charge in [-0.1, -0.05) is 12.8 Å². The van der Waals surface area contributed by atoms with Crippen molar-refractivity contribution >= 4 is 5.91 Å². The fraction of sp³-hybridized carbons (Fsp3) is 0.938. The number of likely N-dealkylation sites (tertiary alicyclic amines) is 1. The van der Waals surface area contributed by atoms with E-state index in [4.69, 9.17) is 0 Å². The zero-order valence-corrected chi connectivity index (χ0v) is 12.9. The fourth-order valence-corrected chi connectivity index (χ4v) is 4.24. The number of hydrogen-bond acceptors (Lipinski definition) is 3. The van der Waals surface area contributed by atoms with Gasteiger partial charge in [0.1, 0.15) is 0 Å². The molecule has 2 saturated heterocycles. The van der Waals surface area contributed by atoms with Crippen LogP contribution in [0.5, 0.6) is 0 Å². The van der Waals surface area contributed by atoms with Crippen LogP contribution in [0.2, 0.25) is 0 Å². The third-order valence-electron chi connectivity index (χ3n) is 5.73. The molecule has 2 heterocycles. The SMILES string of the molecule is CC1CC(NC(=O)C2CC3CCCCC3N2)CCN1C. The second-order valence-corrected chi connectivity index (χ2v) is 7.17. The topological polar surface area (TPSA) is 44.4 Å². The number of fused-ring (bicyclic) bond motifs is 1. The molecule has 0 aromatic rings. The van der Waals surface area contributed by atoms with E-state index >= 15 is 0 Å². The molecule has 2 N–H and O–H groups in total. The number of carbonyl (C=O) groups excluding carboxylic acids is 1. The highest BCUT2D eigenvalue weighted by Gasteiger charge is 2.38. The van der Waals surface area contributed by atoms with E-state index in [0.29, 0.717) is 18.1 Å². The van der Waals surface area contributed by atoms with E-state index < -0.39 is 0 Å². The maximum Gasteiger partial charge on any atom is 0.237 e. The average molecular weight is 279 g/mol. The molecule has 114 valence electrons. The number of carbonyl (C=O) groups is 1. The Labute approximate surface area is 122 Å². The molecule has 0 spiro atoms. The zero-order valence-electron chi connectivity index (χ0n) is 12.9. The van der Waals surface area contributed by atoms with Crippen molar-refractivity contribution in [3.05, 3.63) is 0 Å². The average Bonchev–Trinajstić information content (AvgIpc) is 2.87. The van der Waals surface area contributed by atoms with Crippen LogP contribution in [0, 0.1) is 5.92 Å². The lowest BCUT2D eigenvalue weighted by molar-refractivity contribution is -0.124. The summed E-state index contributed by atoms with van der Waals surface area (Å²) in [7, 11) is 2.17. The third-order valence-corrected chi connectivity index (χ3v) is 5.73. The van der Waals surface area contributed by atoms with Crippen LogP contribution in [0.4, 0.5) is 0 Å². The second kappa shape index (κ2) is 6.02. The molecule has 20 heavy (non-hydrogen) atoms. The van der Waals surface area contributed by atoms with Crippen molar-refractivity contribution in [3.63, 3.8) is 0 Å². The maximum atomic E-state index is 12.5. The van der Waals surface area contributed by atoms with Crippen molar-refractivity contribution in [1.29, 1.82) is 0 Å². The van der Waals surface area contributed by atoms with Gasteiger partial charge in [-0.05, 0) is 52.0 Å². The second-order valence-electron chi connectivity index (χ2n) is 7.17. The van der Waals surface area contributed by atoms with Crippen LogP contribution in [0.15, 0.2) is 0 Å². The predicted octanol–water partition coefficient (Wildman–Crippen LogP) is 1.51. The summed E-state index contributed by atoms with van der Waals surface area (Å²) >= 11 is 0. The highest BCUT2D eigenvalue weighted by Crippen LogP contribution is 2.33. The van der Waals surface area contributed by atoms with Crippen molar-refractivity contribution < 1.29 is 4.79 Å². The molecule has 5 atom stereocenters. The molecule has 2 aliphatic heterocycles. The number of piperidine rings is 1.